The predicted octanol–water partition coefficient (Wildman–Crippen LogP) is 2.32. The average Bonchev–Trinajstić information content (AvgIpc) is 2.52. The van der Waals surface area contributed by atoms with Crippen LogP contribution in [0.2, 0.25) is 0 Å². The van der Waals surface area contributed by atoms with E-state index in [1.54, 1.807) is 0 Å². The number of hydrogen-bond acceptors (Lipinski definition) is 5. The first-order chi connectivity index (χ1) is 10.1. The quantitative estimate of drug-likeness (QED) is 0.872. The summed E-state index contributed by atoms with van der Waals surface area (Å²) in [5.74, 6) is 1.28. The highest BCUT2D eigenvalue weighted by Crippen LogP contribution is 2.24. The zero-order valence-corrected chi connectivity index (χ0v) is 13.7. The van der Waals surface area contributed by atoms with Crippen molar-refractivity contribution >= 4 is 5.69 Å². The van der Waals surface area contributed by atoms with Crippen molar-refractivity contribution in [2.75, 3.05) is 31.7 Å². The first kappa shape index (κ1) is 16.2. The molecule has 21 heavy (non-hydrogen) atoms. The van der Waals surface area contributed by atoms with Gasteiger partial charge in [-0.3, -0.25) is 0 Å². The van der Waals surface area contributed by atoms with Crippen LogP contribution in [0.4, 0.5) is 5.69 Å². The van der Waals surface area contributed by atoms with Gasteiger partial charge in [-0.2, -0.15) is 0 Å². The van der Waals surface area contributed by atoms with E-state index in [0.717, 1.165) is 56.4 Å². The van der Waals surface area contributed by atoms with E-state index in [4.69, 9.17) is 9.72 Å². The summed E-state index contributed by atoms with van der Waals surface area (Å²) in [6.45, 7) is 9.82. The van der Waals surface area contributed by atoms with E-state index in [1.807, 2.05) is 6.20 Å². The van der Waals surface area contributed by atoms with Crippen LogP contribution >= 0.6 is 0 Å². The topological polar surface area (TPSA) is 50.3 Å². The molecule has 1 aromatic heterocycles. The second kappa shape index (κ2) is 7.71. The Morgan fingerprint density at radius 1 is 1.38 bits per heavy atom. The number of hydrogen-bond donors (Lipinski definition) is 1. The predicted molar refractivity (Wildman–Crippen MR) is 85.7 cm³/mol. The molecular formula is C16H28N4O. The maximum atomic E-state index is 5.46. The molecule has 1 aliphatic rings. The van der Waals surface area contributed by atoms with E-state index in [1.165, 1.54) is 0 Å². The van der Waals surface area contributed by atoms with Crippen LogP contribution in [0.1, 0.15) is 51.0 Å². The molecule has 0 spiro atoms. The Morgan fingerprint density at radius 3 is 2.71 bits per heavy atom. The molecule has 0 aliphatic carbocycles. The number of nitrogens with zero attached hydrogens (tertiary/aromatic N) is 3. The van der Waals surface area contributed by atoms with Crippen molar-refractivity contribution in [2.45, 2.75) is 52.1 Å². The third-order valence-corrected chi connectivity index (χ3v) is 4.04. The van der Waals surface area contributed by atoms with Crippen molar-refractivity contribution < 1.29 is 4.74 Å². The fourth-order valence-corrected chi connectivity index (χ4v) is 2.64. The molecule has 0 atom stereocenters. The van der Waals surface area contributed by atoms with Crippen LogP contribution in [-0.2, 0) is 11.3 Å². The fourth-order valence-electron chi connectivity index (χ4n) is 2.64. The lowest BCUT2D eigenvalue weighted by molar-refractivity contribution is 0.0854. The number of rotatable bonds is 6. The van der Waals surface area contributed by atoms with Gasteiger partial charge in [-0.15, -0.1) is 0 Å². The highest BCUT2D eigenvalue weighted by molar-refractivity contribution is 5.49. The van der Waals surface area contributed by atoms with Gasteiger partial charge in [-0.1, -0.05) is 20.8 Å². The molecule has 1 aromatic rings. The highest BCUT2D eigenvalue weighted by Gasteiger charge is 2.22. The third kappa shape index (κ3) is 4.14. The largest absolute Gasteiger partial charge is 0.381 e. The molecule has 0 bridgehead atoms. The minimum Gasteiger partial charge on any atom is -0.381 e. The Labute approximate surface area is 128 Å². The first-order valence-corrected chi connectivity index (χ1v) is 8.00. The van der Waals surface area contributed by atoms with E-state index < -0.39 is 0 Å². The minimum absolute atomic E-state index is 0.354. The second-order valence-corrected chi connectivity index (χ2v) is 5.95. The van der Waals surface area contributed by atoms with Gasteiger partial charge in [-0.25, -0.2) is 9.97 Å². The molecule has 118 valence electrons. The van der Waals surface area contributed by atoms with Crippen LogP contribution in [0.3, 0.4) is 0 Å². The maximum Gasteiger partial charge on any atom is 0.131 e. The molecule has 1 saturated heterocycles. The molecule has 0 unspecified atom stereocenters. The number of nitrogens with one attached hydrogen (secondary N) is 1. The summed E-state index contributed by atoms with van der Waals surface area (Å²) >= 11 is 0. The Balaban J connectivity index is 2.22. The Hall–Kier alpha value is -1.20. The van der Waals surface area contributed by atoms with E-state index in [2.05, 4.69) is 43.0 Å². The zero-order chi connectivity index (χ0) is 15.2. The molecule has 5 heteroatoms. The molecule has 5 nitrogen and oxygen atoms in total. The van der Waals surface area contributed by atoms with Crippen molar-refractivity contribution in [3.05, 3.63) is 17.7 Å². The van der Waals surface area contributed by atoms with Gasteiger partial charge in [0.15, 0.2) is 0 Å². The summed E-state index contributed by atoms with van der Waals surface area (Å²) in [7, 11) is 2.15. The molecular weight excluding hydrogens is 264 g/mol. The van der Waals surface area contributed by atoms with E-state index in [-0.39, 0.29) is 0 Å². The fraction of sp³-hybridized carbons (Fsp3) is 0.750. The Kier molecular flexibility index (Phi) is 5.94. The van der Waals surface area contributed by atoms with Gasteiger partial charge in [-0.05, 0) is 19.4 Å². The van der Waals surface area contributed by atoms with Crippen LogP contribution in [0.15, 0.2) is 6.20 Å². The van der Waals surface area contributed by atoms with Crippen molar-refractivity contribution in [1.82, 2.24) is 15.3 Å². The van der Waals surface area contributed by atoms with Gasteiger partial charge in [0.1, 0.15) is 5.82 Å². The monoisotopic (exact) mass is 292 g/mol. The van der Waals surface area contributed by atoms with Crippen LogP contribution in [0, 0.1) is 0 Å². The van der Waals surface area contributed by atoms with E-state index in [0.29, 0.717) is 12.0 Å². The molecule has 1 aliphatic heterocycles. The Bertz CT molecular complexity index is 444. The van der Waals surface area contributed by atoms with Crippen LogP contribution in [0.25, 0.3) is 0 Å². The molecule has 0 amide bonds. The number of ether oxygens (including phenoxy) is 1. The SMILES string of the molecule is CCNCc1nc(C(C)C)ncc1N(C)C1CCOCC1. The molecule has 1 fully saturated rings. The van der Waals surface area contributed by atoms with Crippen LogP contribution in [-0.4, -0.2) is 42.8 Å². The van der Waals surface area contributed by atoms with Gasteiger partial charge < -0.3 is 15.0 Å². The van der Waals surface area contributed by atoms with Crippen molar-refractivity contribution in [2.24, 2.45) is 0 Å². The third-order valence-electron chi connectivity index (χ3n) is 4.04. The molecule has 0 radical (unpaired) electrons. The highest BCUT2D eigenvalue weighted by atomic mass is 16.5. The zero-order valence-electron chi connectivity index (χ0n) is 13.7. The lowest BCUT2D eigenvalue weighted by Gasteiger charge is -2.33. The second-order valence-electron chi connectivity index (χ2n) is 5.95. The van der Waals surface area contributed by atoms with Gasteiger partial charge in [0.2, 0.25) is 0 Å². The van der Waals surface area contributed by atoms with Crippen molar-refractivity contribution in [1.29, 1.82) is 0 Å². The van der Waals surface area contributed by atoms with Gasteiger partial charge >= 0.3 is 0 Å². The molecule has 2 rings (SSSR count). The molecule has 2 heterocycles. The summed E-state index contributed by atoms with van der Waals surface area (Å²) in [5, 5.41) is 3.39. The van der Waals surface area contributed by atoms with Crippen LogP contribution in [0.5, 0.6) is 0 Å². The number of anilines is 1. The lowest BCUT2D eigenvalue weighted by atomic mass is 10.1. The summed E-state index contributed by atoms with van der Waals surface area (Å²) in [6.07, 6.45) is 4.14. The molecule has 0 aromatic carbocycles. The maximum absolute atomic E-state index is 5.46. The van der Waals surface area contributed by atoms with Gasteiger partial charge in [0.25, 0.3) is 0 Å². The lowest BCUT2D eigenvalue weighted by Crippen LogP contribution is -2.37. The van der Waals surface area contributed by atoms with E-state index in [9.17, 15) is 0 Å². The summed E-state index contributed by atoms with van der Waals surface area (Å²) in [6, 6.07) is 0.521. The normalized spacial score (nSPS) is 16.4. The van der Waals surface area contributed by atoms with Crippen molar-refractivity contribution in [3.8, 4) is 0 Å². The Morgan fingerprint density at radius 2 is 2.10 bits per heavy atom. The van der Waals surface area contributed by atoms with E-state index >= 15 is 0 Å². The number of aromatic nitrogens is 2. The minimum atomic E-state index is 0.354. The standard InChI is InChI=1S/C16H28N4O/c1-5-17-10-14-15(11-18-16(19-14)12(2)3)20(4)13-6-8-21-9-7-13/h11-13,17H,5-10H2,1-4H3. The smallest absolute Gasteiger partial charge is 0.131 e. The average molecular weight is 292 g/mol. The summed E-state index contributed by atoms with van der Waals surface area (Å²) in [4.78, 5) is 11.7. The van der Waals surface area contributed by atoms with Crippen molar-refractivity contribution in [3.63, 3.8) is 0 Å². The summed E-state index contributed by atoms with van der Waals surface area (Å²) < 4.78 is 5.46. The van der Waals surface area contributed by atoms with Gasteiger partial charge in [0.05, 0.1) is 17.6 Å². The summed E-state index contributed by atoms with van der Waals surface area (Å²) in [5.41, 5.74) is 2.25. The first-order valence-electron chi connectivity index (χ1n) is 8.00. The molecule has 0 saturated carbocycles. The van der Waals surface area contributed by atoms with Crippen LogP contribution < -0.4 is 10.2 Å². The molecule has 1 N–H and O–H groups in total. The van der Waals surface area contributed by atoms with Gasteiger partial charge in [0, 0.05) is 38.8 Å².